The normalized spacial score (nSPS) is 14.2. The van der Waals surface area contributed by atoms with Gasteiger partial charge < -0.3 is 21.5 Å². The van der Waals surface area contributed by atoms with Crippen molar-refractivity contribution in [2.75, 3.05) is 29.1 Å². The number of ether oxygens (including phenoxy) is 1. The Kier molecular flexibility index (Phi) is 5.13. The molecule has 0 saturated carbocycles. The standard InChI is InChI=1S/C21H25N7O2/c1-3-21(23,4-2)13-5-6-24-17(9-13)27-18-11-16-14(12-25-18)15(22)10-19(26-16)28-7-8-30-20(28)29/h5-6,9-12H,3-4,7-8,23H2,1-2H3,(H2,22,26)(H,24,25,27). The molecule has 1 fully saturated rings. The van der Waals surface area contributed by atoms with Gasteiger partial charge in [0.05, 0.1) is 12.1 Å². The van der Waals surface area contributed by atoms with Crippen LogP contribution in [0.2, 0.25) is 0 Å². The first-order chi connectivity index (χ1) is 14.4. The maximum absolute atomic E-state index is 11.9. The van der Waals surface area contributed by atoms with E-state index in [-0.39, 0.29) is 0 Å². The Hall–Kier alpha value is -3.46. The number of anilines is 4. The molecule has 1 saturated heterocycles. The third-order valence-corrected chi connectivity index (χ3v) is 5.60. The zero-order chi connectivity index (χ0) is 21.3. The quantitative estimate of drug-likeness (QED) is 0.567. The van der Waals surface area contributed by atoms with Gasteiger partial charge in [-0.2, -0.15) is 0 Å². The van der Waals surface area contributed by atoms with E-state index in [1.165, 1.54) is 4.90 Å². The van der Waals surface area contributed by atoms with Crippen molar-refractivity contribution in [2.24, 2.45) is 5.73 Å². The minimum atomic E-state index is -0.424. The maximum Gasteiger partial charge on any atom is 0.415 e. The molecule has 0 spiro atoms. The van der Waals surface area contributed by atoms with Crippen molar-refractivity contribution in [3.63, 3.8) is 0 Å². The molecule has 1 amide bonds. The molecule has 0 aliphatic carbocycles. The van der Waals surface area contributed by atoms with Crippen molar-refractivity contribution >= 4 is 40.1 Å². The fraction of sp³-hybridized carbons (Fsp3) is 0.333. The van der Waals surface area contributed by atoms with E-state index in [1.807, 2.05) is 12.1 Å². The van der Waals surface area contributed by atoms with E-state index in [2.05, 4.69) is 34.1 Å². The van der Waals surface area contributed by atoms with Crippen molar-refractivity contribution in [3.05, 3.63) is 42.2 Å². The molecule has 4 rings (SSSR count). The Balaban J connectivity index is 1.66. The van der Waals surface area contributed by atoms with E-state index in [0.717, 1.165) is 18.4 Å². The monoisotopic (exact) mass is 407 g/mol. The van der Waals surface area contributed by atoms with Crippen molar-refractivity contribution in [1.82, 2.24) is 15.0 Å². The minimum absolute atomic E-state index is 0.335. The molecule has 0 atom stereocenters. The fourth-order valence-corrected chi connectivity index (χ4v) is 3.54. The predicted octanol–water partition coefficient (Wildman–Crippen LogP) is 3.28. The molecule has 4 heterocycles. The number of nitrogens with zero attached hydrogens (tertiary/aromatic N) is 4. The number of carbonyl (C=O) groups is 1. The number of hydrogen-bond donors (Lipinski definition) is 3. The number of nitrogens with two attached hydrogens (primary N) is 2. The summed E-state index contributed by atoms with van der Waals surface area (Å²) in [7, 11) is 0. The smallest absolute Gasteiger partial charge is 0.415 e. The lowest BCUT2D eigenvalue weighted by Gasteiger charge is -2.27. The van der Waals surface area contributed by atoms with E-state index in [0.29, 0.717) is 47.2 Å². The number of aromatic nitrogens is 3. The number of pyridine rings is 3. The van der Waals surface area contributed by atoms with Gasteiger partial charge in [0.25, 0.3) is 0 Å². The molecule has 5 N–H and O–H groups in total. The van der Waals surface area contributed by atoms with Crippen LogP contribution in [0.5, 0.6) is 0 Å². The van der Waals surface area contributed by atoms with Gasteiger partial charge in [-0.15, -0.1) is 0 Å². The van der Waals surface area contributed by atoms with Crippen LogP contribution in [0, 0.1) is 0 Å². The molecule has 3 aromatic rings. The second-order valence-corrected chi connectivity index (χ2v) is 7.34. The Bertz CT molecular complexity index is 1100. The second kappa shape index (κ2) is 7.75. The number of amides is 1. The molecule has 0 unspecified atom stereocenters. The van der Waals surface area contributed by atoms with Crippen LogP contribution >= 0.6 is 0 Å². The average molecular weight is 407 g/mol. The molecule has 1 aliphatic rings. The van der Waals surface area contributed by atoms with Gasteiger partial charge in [-0.3, -0.25) is 4.90 Å². The highest BCUT2D eigenvalue weighted by Gasteiger charge is 2.26. The van der Waals surface area contributed by atoms with Crippen LogP contribution in [-0.2, 0) is 10.3 Å². The Morgan fingerprint density at radius 3 is 2.67 bits per heavy atom. The Morgan fingerprint density at radius 2 is 1.97 bits per heavy atom. The number of fused-ring (bicyclic) bond motifs is 1. The topological polar surface area (TPSA) is 132 Å². The summed E-state index contributed by atoms with van der Waals surface area (Å²) < 4.78 is 4.99. The van der Waals surface area contributed by atoms with Crippen LogP contribution in [0.25, 0.3) is 10.9 Å². The van der Waals surface area contributed by atoms with Gasteiger partial charge in [0, 0.05) is 41.1 Å². The summed E-state index contributed by atoms with van der Waals surface area (Å²) in [6, 6.07) is 7.32. The zero-order valence-electron chi connectivity index (χ0n) is 17.1. The molecule has 30 heavy (non-hydrogen) atoms. The van der Waals surface area contributed by atoms with Crippen molar-refractivity contribution in [3.8, 4) is 0 Å². The van der Waals surface area contributed by atoms with Gasteiger partial charge in [-0.25, -0.2) is 19.7 Å². The molecule has 1 aliphatic heterocycles. The highest BCUT2D eigenvalue weighted by atomic mass is 16.6. The predicted molar refractivity (Wildman–Crippen MR) is 117 cm³/mol. The summed E-state index contributed by atoms with van der Waals surface area (Å²) in [6.45, 7) is 4.93. The molecule has 156 valence electrons. The van der Waals surface area contributed by atoms with Crippen LogP contribution in [0.3, 0.4) is 0 Å². The van der Waals surface area contributed by atoms with E-state index in [4.69, 9.17) is 16.2 Å². The van der Waals surface area contributed by atoms with Crippen LogP contribution < -0.4 is 21.7 Å². The molecule has 9 heteroatoms. The largest absolute Gasteiger partial charge is 0.447 e. The van der Waals surface area contributed by atoms with Gasteiger partial charge in [0.2, 0.25) is 0 Å². The summed E-state index contributed by atoms with van der Waals surface area (Å²) >= 11 is 0. The molecule has 0 bridgehead atoms. The summed E-state index contributed by atoms with van der Waals surface area (Å²) in [6.07, 6.45) is 4.62. The number of hydrogen-bond acceptors (Lipinski definition) is 8. The first kappa shape index (κ1) is 19.8. The molecule has 3 aromatic heterocycles. The van der Waals surface area contributed by atoms with Crippen LogP contribution in [0.1, 0.15) is 32.3 Å². The lowest BCUT2D eigenvalue weighted by molar-refractivity contribution is 0.181. The third kappa shape index (κ3) is 3.59. The summed E-state index contributed by atoms with van der Waals surface area (Å²) in [5.41, 5.74) is 14.4. The summed E-state index contributed by atoms with van der Waals surface area (Å²) in [5, 5.41) is 3.92. The first-order valence-corrected chi connectivity index (χ1v) is 9.96. The maximum atomic E-state index is 11.9. The SMILES string of the molecule is CCC(N)(CC)c1ccnc(Nc2cc3nc(N4CCOC4=O)cc(N)c3cn2)c1. The van der Waals surface area contributed by atoms with Gasteiger partial charge in [0.1, 0.15) is 24.1 Å². The minimum Gasteiger partial charge on any atom is -0.447 e. The first-order valence-electron chi connectivity index (χ1n) is 9.96. The van der Waals surface area contributed by atoms with Crippen molar-refractivity contribution < 1.29 is 9.53 Å². The number of cyclic esters (lactones) is 1. The number of carbonyl (C=O) groups excluding carboxylic acids is 1. The zero-order valence-corrected chi connectivity index (χ0v) is 17.1. The van der Waals surface area contributed by atoms with Gasteiger partial charge in [-0.05, 0) is 30.5 Å². The van der Waals surface area contributed by atoms with Crippen LogP contribution in [0.4, 0.5) is 27.9 Å². The third-order valence-electron chi connectivity index (χ3n) is 5.60. The highest BCUT2D eigenvalue weighted by Crippen LogP contribution is 2.29. The lowest BCUT2D eigenvalue weighted by Crippen LogP contribution is -2.35. The number of nitrogen functional groups attached to an aromatic ring is 1. The van der Waals surface area contributed by atoms with E-state index < -0.39 is 11.6 Å². The number of nitrogens with one attached hydrogen (secondary N) is 1. The molecule has 9 nitrogen and oxygen atoms in total. The summed E-state index contributed by atoms with van der Waals surface area (Å²) in [5.74, 6) is 1.66. The molecule has 0 aromatic carbocycles. The van der Waals surface area contributed by atoms with E-state index in [1.54, 1.807) is 24.5 Å². The van der Waals surface area contributed by atoms with Gasteiger partial charge in [0.15, 0.2) is 0 Å². The number of rotatable bonds is 6. The fourth-order valence-electron chi connectivity index (χ4n) is 3.54. The van der Waals surface area contributed by atoms with Gasteiger partial charge >= 0.3 is 6.09 Å². The molecule has 0 radical (unpaired) electrons. The molecular weight excluding hydrogens is 382 g/mol. The van der Waals surface area contributed by atoms with E-state index in [9.17, 15) is 4.79 Å². The lowest BCUT2D eigenvalue weighted by atomic mass is 9.86. The highest BCUT2D eigenvalue weighted by molar-refractivity contribution is 5.96. The van der Waals surface area contributed by atoms with Gasteiger partial charge in [-0.1, -0.05) is 13.8 Å². The average Bonchev–Trinajstić information content (AvgIpc) is 3.19. The van der Waals surface area contributed by atoms with Crippen molar-refractivity contribution in [1.29, 1.82) is 0 Å². The Morgan fingerprint density at radius 1 is 1.20 bits per heavy atom. The van der Waals surface area contributed by atoms with Crippen LogP contribution in [0.15, 0.2) is 36.7 Å². The Labute approximate surface area is 174 Å². The summed E-state index contributed by atoms with van der Waals surface area (Å²) in [4.78, 5) is 26.7. The molecular formula is C21H25N7O2. The van der Waals surface area contributed by atoms with Crippen LogP contribution in [-0.4, -0.2) is 34.2 Å². The van der Waals surface area contributed by atoms with Crippen molar-refractivity contribution in [2.45, 2.75) is 32.2 Å². The second-order valence-electron chi connectivity index (χ2n) is 7.34. The van der Waals surface area contributed by atoms with E-state index >= 15 is 0 Å².